The highest BCUT2D eigenvalue weighted by atomic mass is 28.4. The van der Waals surface area contributed by atoms with Gasteiger partial charge >= 0.3 is 8.56 Å². The quantitative estimate of drug-likeness (QED) is 0.104. The van der Waals surface area contributed by atoms with E-state index in [0.29, 0.717) is 0 Å². The Kier molecular flexibility index (Phi) is 23.4. The molecule has 2 nitrogen and oxygen atoms in total. The molecular weight excluding hydrogens is 384 g/mol. The summed E-state index contributed by atoms with van der Waals surface area (Å²) in [5, 5.41) is 0. The standard InChI is InChI=1S/C27H56O2Si/c1-5-8-10-12-14-16-18-20-22-24-26-28-30(4,7-3)29-27-25-23-21-19-17-15-13-11-9-6-2/h7H,3,5-6,8-27H2,1-2,4H3. The second kappa shape index (κ2) is 23.5. The van der Waals surface area contributed by atoms with Crippen LogP contribution >= 0.6 is 0 Å². The molecule has 3 heteroatoms. The van der Waals surface area contributed by atoms with Crippen LogP contribution in [0.4, 0.5) is 0 Å². The van der Waals surface area contributed by atoms with Gasteiger partial charge in [0.1, 0.15) is 0 Å². The van der Waals surface area contributed by atoms with E-state index in [4.69, 9.17) is 8.85 Å². The van der Waals surface area contributed by atoms with E-state index in [2.05, 4.69) is 27.0 Å². The van der Waals surface area contributed by atoms with E-state index in [0.717, 1.165) is 26.1 Å². The zero-order valence-corrected chi connectivity index (χ0v) is 22.2. The first-order valence-electron chi connectivity index (χ1n) is 13.6. The van der Waals surface area contributed by atoms with Gasteiger partial charge in [-0.15, -0.1) is 6.58 Å². The minimum absolute atomic E-state index is 0.837. The topological polar surface area (TPSA) is 18.5 Å². The first kappa shape index (κ1) is 29.9. The Hall–Kier alpha value is -0.123. The first-order chi connectivity index (χ1) is 14.7. The van der Waals surface area contributed by atoms with Crippen LogP contribution in [0.1, 0.15) is 142 Å². The van der Waals surface area contributed by atoms with Crippen molar-refractivity contribution in [3.63, 3.8) is 0 Å². The Morgan fingerprint density at radius 2 is 0.767 bits per heavy atom. The highest BCUT2D eigenvalue weighted by Crippen LogP contribution is 2.15. The van der Waals surface area contributed by atoms with Crippen molar-refractivity contribution in [2.24, 2.45) is 0 Å². The lowest BCUT2D eigenvalue weighted by Gasteiger charge is -2.23. The summed E-state index contributed by atoms with van der Waals surface area (Å²) < 4.78 is 12.3. The predicted molar refractivity (Wildman–Crippen MR) is 137 cm³/mol. The third-order valence-corrected chi connectivity index (χ3v) is 8.44. The summed E-state index contributed by atoms with van der Waals surface area (Å²) in [6.07, 6.45) is 27.2. The van der Waals surface area contributed by atoms with Gasteiger partial charge < -0.3 is 8.85 Å². The molecule has 0 atom stereocenters. The number of hydrogen-bond donors (Lipinski definition) is 0. The normalized spacial score (nSPS) is 11.8. The molecule has 0 N–H and O–H groups in total. The number of rotatable bonds is 25. The van der Waals surface area contributed by atoms with E-state index in [9.17, 15) is 0 Å². The lowest BCUT2D eigenvalue weighted by molar-refractivity contribution is 0.177. The lowest BCUT2D eigenvalue weighted by Crippen LogP contribution is -2.37. The minimum atomic E-state index is -2.15. The van der Waals surface area contributed by atoms with Crippen LogP contribution < -0.4 is 0 Å². The SMILES string of the molecule is C=C[Si](C)(OCCCCCCCCCCCC)OCCCCCCCCCCCC. The lowest BCUT2D eigenvalue weighted by atomic mass is 10.1. The molecule has 0 aliphatic rings. The fraction of sp³-hybridized carbons (Fsp3) is 0.926. The molecule has 0 fully saturated rings. The molecule has 0 aromatic heterocycles. The summed E-state index contributed by atoms with van der Waals surface area (Å²) >= 11 is 0. The monoisotopic (exact) mass is 440 g/mol. The number of unbranched alkanes of at least 4 members (excludes halogenated alkanes) is 18. The molecule has 0 saturated heterocycles. The third-order valence-electron chi connectivity index (χ3n) is 6.14. The Bertz CT molecular complexity index is 320. The van der Waals surface area contributed by atoms with Crippen molar-refractivity contribution in [3.05, 3.63) is 12.3 Å². The molecule has 0 amide bonds. The van der Waals surface area contributed by atoms with E-state index in [1.807, 2.05) is 5.70 Å². The molecule has 180 valence electrons. The van der Waals surface area contributed by atoms with Crippen molar-refractivity contribution in [1.82, 2.24) is 0 Å². The largest absolute Gasteiger partial charge is 0.391 e. The summed E-state index contributed by atoms with van der Waals surface area (Å²) in [4.78, 5) is 0. The zero-order chi connectivity index (χ0) is 22.2. The summed E-state index contributed by atoms with van der Waals surface area (Å²) in [5.74, 6) is 0. The van der Waals surface area contributed by atoms with Gasteiger partial charge in [-0.2, -0.15) is 0 Å². The van der Waals surface area contributed by atoms with Crippen LogP contribution in [0, 0.1) is 0 Å². The Labute approximate surface area is 191 Å². The van der Waals surface area contributed by atoms with Crippen LogP contribution in [0.5, 0.6) is 0 Å². The second-order valence-corrected chi connectivity index (χ2v) is 12.3. The summed E-state index contributed by atoms with van der Waals surface area (Å²) in [6.45, 7) is 12.4. The van der Waals surface area contributed by atoms with Crippen molar-refractivity contribution in [2.75, 3.05) is 13.2 Å². The van der Waals surface area contributed by atoms with Crippen LogP contribution in [0.2, 0.25) is 6.55 Å². The van der Waals surface area contributed by atoms with Crippen LogP contribution in [-0.4, -0.2) is 21.8 Å². The van der Waals surface area contributed by atoms with E-state index in [-0.39, 0.29) is 0 Å². The molecule has 0 aliphatic carbocycles. The van der Waals surface area contributed by atoms with Crippen molar-refractivity contribution in [3.8, 4) is 0 Å². The van der Waals surface area contributed by atoms with Gasteiger partial charge in [0.05, 0.1) is 0 Å². The molecule has 0 bridgehead atoms. The fourth-order valence-corrected chi connectivity index (χ4v) is 5.31. The van der Waals surface area contributed by atoms with Crippen LogP contribution in [-0.2, 0) is 8.85 Å². The molecule has 0 aromatic rings. The summed E-state index contributed by atoms with van der Waals surface area (Å²) in [6, 6.07) is 0. The molecule has 0 aliphatic heterocycles. The van der Waals surface area contributed by atoms with Gasteiger partial charge in [-0.3, -0.25) is 0 Å². The molecule has 0 unspecified atom stereocenters. The van der Waals surface area contributed by atoms with Crippen LogP contribution in [0.15, 0.2) is 12.3 Å². The molecule has 0 spiro atoms. The average molecular weight is 441 g/mol. The first-order valence-corrected chi connectivity index (χ1v) is 16.0. The Balaban J connectivity index is 3.46. The zero-order valence-electron chi connectivity index (χ0n) is 21.2. The molecular formula is C27H56O2Si. The van der Waals surface area contributed by atoms with Crippen molar-refractivity contribution in [2.45, 2.75) is 149 Å². The predicted octanol–water partition coefficient (Wildman–Crippen LogP) is 9.66. The molecule has 0 rings (SSSR count). The van der Waals surface area contributed by atoms with Gasteiger partial charge in [-0.25, -0.2) is 0 Å². The van der Waals surface area contributed by atoms with E-state index in [1.165, 1.54) is 116 Å². The minimum Gasteiger partial charge on any atom is -0.391 e. The molecule has 0 radical (unpaired) electrons. The smallest absolute Gasteiger partial charge is 0.361 e. The van der Waals surface area contributed by atoms with E-state index in [1.54, 1.807) is 0 Å². The van der Waals surface area contributed by atoms with Gasteiger partial charge in [-0.05, 0) is 25.1 Å². The van der Waals surface area contributed by atoms with Crippen molar-refractivity contribution < 1.29 is 8.85 Å². The maximum atomic E-state index is 6.14. The second-order valence-electron chi connectivity index (χ2n) is 9.28. The van der Waals surface area contributed by atoms with Crippen molar-refractivity contribution >= 4 is 8.56 Å². The maximum absolute atomic E-state index is 6.14. The van der Waals surface area contributed by atoms with Gasteiger partial charge in [0.15, 0.2) is 0 Å². The van der Waals surface area contributed by atoms with E-state index >= 15 is 0 Å². The third kappa shape index (κ3) is 21.1. The molecule has 30 heavy (non-hydrogen) atoms. The fourth-order valence-electron chi connectivity index (χ4n) is 3.89. The highest BCUT2D eigenvalue weighted by molar-refractivity contribution is 6.71. The van der Waals surface area contributed by atoms with Gasteiger partial charge in [0.2, 0.25) is 0 Å². The van der Waals surface area contributed by atoms with Gasteiger partial charge in [-0.1, -0.05) is 129 Å². The van der Waals surface area contributed by atoms with Crippen molar-refractivity contribution in [1.29, 1.82) is 0 Å². The maximum Gasteiger partial charge on any atom is 0.361 e. The van der Waals surface area contributed by atoms with Crippen LogP contribution in [0.25, 0.3) is 0 Å². The van der Waals surface area contributed by atoms with Gasteiger partial charge in [0.25, 0.3) is 0 Å². The van der Waals surface area contributed by atoms with Gasteiger partial charge in [0, 0.05) is 13.2 Å². The Morgan fingerprint density at radius 1 is 0.500 bits per heavy atom. The van der Waals surface area contributed by atoms with Crippen LogP contribution in [0.3, 0.4) is 0 Å². The van der Waals surface area contributed by atoms with E-state index < -0.39 is 8.56 Å². The average Bonchev–Trinajstić information content (AvgIpc) is 2.76. The highest BCUT2D eigenvalue weighted by Gasteiger charge is 2.26. The molecule has 0 saturated carbocycles. The number of hydrogen-bond acceptors (Lipinski definition) is 2. The summed E-state index contributed by atoms with van der Waals surface area (Å²) in [5.41, 5.74) is 1.96. The molecule has 0 heterocycles. The Morgan fingerprint density at radius 3 is 1.03 bits per heavy atom. The molecule has 0 aromatic carbocycles. The summed E-state index contributed by atoms with van der Waals surface area (Å²) in [7, 11) is -2.15.